The van der Waals surface area contributed by atoms with Crippen LogP contribution in [0, 0.1) is 11.6 Å². The van der Waals surface area contributed by atoms with Crippen LogP contribution >= 0.6 is 0 Å². The summed E-state index contributed by atoms with van der Waals surface area (Å²) in [5.41, 5.74) is 6.20. The molecule has 0 bridgehead atoms. The van der Waals surface area contributed by atoms with Gasteiger partial charge in [-0.1, -0.05) is 0 Å². The molecule has 0 amide bonds. The van der Waals surface area contributed by atoms with Crippen LogP contribution in [0.4, 0.5) is 8.78 Å². The highest BCUT2D eigenvalue weighted by Gasteiger charge is 2.28. The van der Waals surface area contributed by atoms with E-state index in [9.17, 15) is 8.78 Å². The summed E-state index contributed by atoms with van der Waals surface area (Å²) in [7, 11) is 0. The van der Waals surface area contributed by atoms with E-state index in [1.807, 2.05) is 0 Å². The molecule has 1 fully saturated rings. The van der Waals surface area contributed by atoms with Crippen molar-refractivity contribution in [1.29, 1.82) is 0 Å². The highest BCUT2D eigenvalue weighted by molar-refractivity contribution is 5.18. The normalized spacial score (nSPS) is 15.8. The minimum Gasteiger partial charge on any atom is -0.329 e. The Kier molecular flexibility index (Phi) is 3.51. The Morgan fingerprint density at radius 1 is 1.19 bits per heavy atom. The fraction of sp³-hybridized carbons (Fsp3) is 0.500. The molecule has 1 aliphatic rings. The maximum atomic E-state index is 13.0. The molecule has 0 saturated heterocycles. The zero-order valence-corrected chi connectivity index (χ0v) is 9.13. The highest BCUT2D eigenvalue weighted by atomic mass is 19.1. The van der Waals surface area contributed by atoms with Gasteiger partial charge in [0.1, 0.15) is 11.6 Å². The van der Waals surface area contributed by atoms with Gasteiger partial charge in [-0.15, -0.1) is 0 Å². The topological polar surface area (TPSA) is 29.3 Å². The quantitative estimate of drug-likeness (QED) is 0.830. The number of nitrogens with two attached hydrogens (primary N) is 1. The number of rotatable bonds is 5. The minimum atomic E-state index is -0.515. The van der Waals surface area contributed by atoms with E-state index in [0.717, 1.165) is 25.5 Å². The van der Waals surface area contributed by atoms with Gasteiger partial charge in [0.25, 0.3) is 0 Å². The molecule has 0 unspecified atom stereocenters. The second kappa shape index (κ2) is 4.89. The van der Waals surface area contributed by atoms with Crippen LogP contribution in [0.2, 0.25) is 0 Å². The molecule has 16 heavy (non-hydrogen) atoms. The van der Waals surface area contributed by atoms with Gasteiger partial charge in [0.2, 0.25) is 0 Å². The van der Waals surface area contributed by atoms with Gasteiger partial charge in [0.15, 0.2) is 0 Å². The van der Waals surface area contributed by atoms with Crippen LogP contribution in [0.15, 0.2) is 18.2 Å². The van der Waals surface area contributed by atoms with Gasteiger partial charge in [0.05, 0.1) is 0 Å². The third-order valence-electron chi connectivity index (χ3n) is 2.79. The number of benzene rings is 1. The van der Waals surface area contributed by atoms with E-state index in [-0.39, 0.29) is 0 Å². The Balaban J connectivity index is 2.05. The van der Waals surface area contributed by atoms with E-state index in [0.29, 0.717) is 24.7 Å². The van der Waals surface area contributed by atoms with Crippen molar-refractivity contribution in [3.8, 4) is 0 Å². The lowest BCUT2D eigenvalue weighted by atomic mass is 10.2. The number of nitrogens with zero attached hydrogens (tertiary/aromatic N) is 1. The van der Waals surface area contributed by atoms with Crippen molar-refractivity contribution in [2.24, 2.45) is 5.73 Å². The maximum absolute atomic E-state index is 13.0. The Morgan fingerprint density at radius 2 is 1.81 bits per heavy atom. The van der Waals surface area contributed by atoms with Crippen LogP contribution in [0.25, 0.3) is 0 Å². The van der Waals surface area contributed by atoms with Crippen LogP contribution in [-0.2, 0) is 6.54 Å². The fourth-order valence-corrected chi connectivity index (χ4v) is 1.93. The maximum Gasteiger partial charge on any atom is 0.126 e. The lowest BCUT2D eigenvalue weighted by Gasteiger charge is -2.21. The van der Waals surface area contributed by atoms with Crippen molar-refractivity contribution in [3.63, 3.8) is 0 Å². The smallest absolute Gasteiger partial charge is 0.126 e. The number of hydrogen-bond acceptors (Lipinski definition) is 2. The summed E-state index contributed by atoms with van der Waals surface area (Å²) < 4.78 is 26.0. The van der Waals surface area contributed by atoms with Crippen molar-refractivity contribution in [3.05, 3.63) is 35.4 Å². The molecule has 4 heteroatoms. The molecule has 1 saturated carbocycles. The van der Waals surface area contributed by atoms with Gasteiger partial charge in [-0.25, -0.2) is 8.78 Å². The first-order chi connectivity index (χ1) is 7.69. The van der Waals surface area contributed by atoms with E-state index >= 15 is 0 Å². The Labute approximate surface area is 94.0 Å². The molecule has 0 radical (unpaired) electrons. The average molecular weight is 226 g/mol. The molecular formula is C12H16F2N2. The van der Waals surface area contributed by atoms with E-state index in [1.54, 1.807) is 0 Å². The summed E-state index contributed by atoms with van der Waals surface area (Å²) in [5.74, 6) is -1.03. The average Bonchev–Trinajstić information content (AvgIpc) is 2.98. The van der Waals surface area contributed by atoms with Crippen LogP contribution < -0.4 is 5.73 Å². The summed E-state index contributed by atoms with van der Waals surface area (Å²) in [5, 5.41) is 0. The standard InChI is InChI=1S/C12H16F2N2/c13-10-5-9(6-11(14)7-10)8-16(4-3-15)12-1-2-12/h5-7,12H,1-4,8,15H2. The summed E-state index contributed by atoms with van der Waals surface area (Å²) in [6.45, 7) is 1.94. The largest absolute Gasteiger partial charge is 0.329 e. The highest BCUT2D eigenvalue weighted by Crippen LogP contribution is 2.28. The monoisotopic (exact) mass is 226 g/mol. The van der Waals surface area contributed by atoms with Crippen LogP contribution in [0.1, 0.15) is 18.4 Å². The van der Waals surface area contributed by atoms with Gasteiger partial charge in [-0.2, -0.15) is 0 Å². The van der Waals surface area contributed by atoms with Crippen molar-refractivity contribution >= 4 is 0 Å². The molecular weight excluding hydrogens is 210 g/mol. The molecule has 2 nitrogen and oxygen atoms in total. The van der Waals surface area contributed by atoms with Gasteiger partial charge in [-0.05, 0) is 30.5 Å². The van der Waals surface area contributed by atoms with E-state index < -0.39 is 11.6 Å². The van der Waals surface area contributed by atoms with Crippen molar-refractivity contribution < 1.29 is 8.78 Å². The lowest BCUT2D eigenvalue weighted by Crippen LogP contribution is -2.31. The van der Waals surface area contributed by atoms with E-state index in [4.69, 9.17) is 5.73 Å². The first-order valence-electron chi connectivity index (χ1n) is 5.58. The zero-order valence-electron chi connectivity index (χ0n) is 9.13. The summed E-state index contributed by atoms with van der Waals surface area (Å²) in [4.78, 5) is 2.19. The van der Waals surface area contributed by atoms with Gasteiger partial charge >= 0.3 is 0 Å². The molecule has 0 spiro atoms. The molecule has 0 atom stereocenters. The van der Waals surface area contributed by atoms with Gasteiger partial charge in [0, 0.05) is 31.7 Å². The third-order valence-corrected chi connectivity index (χ3v) is 2.79. The number of halogens is 2. The van der Waals surface area contributed by atoms with Gasteiger partial charge < -0.3 is 5.73 Å². The lowest BCUT2D eigenvalue weighted by molar-refractivity contribution is 0.261. The molecule has 2 N–H and O–H groups in total. The summed E-state index contributed by atoms with van der Waals surface area (Å²) >= 11 is 0. The van der Waals surface area contributed by atoms with Crippen LogP contribution in [0.3, 0.4) is 0 Å². The second-order valence-corrected chi connectivity index (χ2v) is 4.27. The minimum absolute atomic E-state index is 0.515. The Bertz CT molecular complexity index is 344. The van der Waals surface area contributed by atoms with Crippen molar-refractivity contribution in [2.75, 3.05) is 13.1 Å². The summed E-state index contributed by atoms with van der Waals surface area (Å²) in [6.07, 6.45) is 2.33. The molecule has 0 aromatic heterocycles. The Hall–Kier alpha value is -1.00. The zero-order chi connectivity index (χ0) is 11.5. The molecule has 1 aromatic rings. The van der Waals surface area contributed by atoms with Crippen molar-refractivity contribution in [2.45, 2.75) is 25.4 Å². The second-order valence-electron chi connectivity index (χ2n) is 4.27. The molecule has 2 rings (SSSR count). The SMILES string of the molecule is NCCN(Cc1cc(F)cc(F)c1)C1CC1. The fourth-order valence-electron chi connectivity index (χ4n) is 1.93. The third kappa shape index (κ3) is 3.00. The molecule has 0 aliphatic heterocycles. The predicted octanol–water partition coefficient (Wildman–Crippen LogP) is 1.89. The van der Waals surface area contributed by atoms with Gasteiger partial charge in [-0.3, -0.25) is 4.90 Å². The van der Waals surface area contributed by atoms with E-state index in [2.05, 4.69) is 4.90 Å². The number of hydrogen-bond donors (Lipinski definition) is 1. The molecule has 88 valence electrons. The summed E-state index contributed by atoms with van der Waals surface area (Å²) in [6, 6.07) is 4.22. The first kappa shape index (κ1) is 11.5. The molecule has 1 aliphatic carbocycles. The predicted molar refractivity (Wildman–Crippen MR) is 58.8 cm³/mol. The first-order valence-corrected chi connectivity index (χ1v) is 5.58. The van der Waals surface area contributed by atoms with Crippen LogP contribution in [-0.4, -0.2) is 24.0 Å². The molecule has 0 heterocycles. The van der Waals surface area contributed by atoms with Crippen LogP contribution in [0.5, 0.6) is 0 Å². The Morgan fingerprint density at radius 3 is 2.31 bits per heavy atom. The van der Waals surface area contributed by atoms with Crippen molar-refractivity contribution in [1.82, 2.24) is 4.90 Å². The molecule has 1 aromatic carbocycles. The van der Waals surface area contributed by atoms with E-state index in [1.165, 1.54) is 12.1 Å².